The molecule has 3 N–H and O–H groups in total. The van der Waals surface area contributed by atoms with Crippen molar-refractivity contribution in [1.29, 1.82) is 0 Å². The molecule has 6 aromatic heterocycles. The van der Waals surface area contributed by atoms with Crippen LogP contribution in [0.15, 0.2) is 73.3 Å². The van der Waals surface area contributed by atoms with Crippen LogP contribution in [0.25, 0.3) is 44.6 Å². The molecule has 0 radical (unpaired) electrons. The van der Waals surface area contributed by atoms with E-state index in [-0.39, 0.29) is 52.0 Å². The van der Waals surface area contributed by atoms with E-state index in [9.17, 15) is 22.4 Å². The van der Waals surface area contributed by atoms with Crippen LogP contribution in [0.1, 0.15) is 146 Å². The first kappa shape index (κ1) is 57.9. The SMILES string of the molecule is CCC[C@]1(C)CCCN(Cc2ccc(Nc3ncc(F)c(-c4cc(F)c5nc(C)n(C(C)C)c5c4)n3)nc2)C1.CCC[C@]1(C)CCCNC1.Cc1nc2c(F)cc(-c3nc(Nc4ccc(C=O)cn4)ncc3F)cc2n1C(C)C. The fraction of sp³-hybridized carbons (Fsp3) is 0.450. The van der Waals surface area contributed by atoms with E-state index in [1.807, 2.05) is 62.1 Å². The molecule has 8 heterocycles. The van der Waals surface area contributed by atoms with Gasteiger partial charge in [-0.3, -0.25) is 9.69 Å². The zero-order valence-electron chi connectivity index (χ0n) is 47.2. The van der Waals surface area contributed by atoms with E-state index in [1.54, 1.807) is 31.2 Å². The lowest BCUT2D eigenvalue weighted by atomic mass is 9.78. The Morgan fingerprint density at radius 1 is 0.646 bits per heavy atom. The van der Waals surface area contributed by atoms with Gasteiger partial charge in [-0.15, -0.1) is 0 Å². The minimum atomic E-state index is -0.684. The molecule has 79 heavy (non-hydrogen) atoms. The van der Waals surface area contributed by atoms with Gasteiger partial charge in [-0.2, -0.15) is 0 Å². The fourth-order valence-electron chi connectivity index (χ4n) is 11.3. The van der Waals surface area contributed by atoms with Crippen LogP contribution in [-0.4, -0.2) is 86.4 Å². The van der Waals surface area contributed by atoms with Gasteiger partial charge in [0.2, 0.25) is 11.9 Å². The number of anilines is 4. The number of aryl methyl sites for hydroxylation is 2. The largest absolute Gasteiger partial charge is 0.326 e. The summed E-state index contributed by atoms with van der Waals surface area (Å²) in [6.07, 6.45) is 16.5. The molecule has 10 rings (SSSR count). The van der Waals surface area contributed by atoms with Crippen LogP contribution in [0.4, 0.5) is 41.1 Å². The Morgan fingerprint density at radius 3 is 1.62 bits per heavy atom. The van der Waals surface area contributed by atoms with Crippen molar-refractivity contribution >= 4 is 51.9 Å². The number of nitrogens with zero attached hydrogens (tertiary/aromatic N) is 11. The zero-order valence-corrected chi connectivity index (χ0v) is 47.2. The maximum Gasteiger partial charge on any atom is 0.229 e. The van der Waals surface area contributed by atoms with Crippen molar-refractivity contribution in [2.24, 2.45) is 10.8 Å². The molecule has 19 heteroatoms. The number of aromatic nitrogens is 10. The fourth-order valence-corrected chi connectivity index (χ4v) is 11.3. The second-order valence-corrected chi connectivity index (χ2v) is 22.3. The van der Waals surface area contributed by atoms with Crippen molar-refractivity contribution in [3.8, 4) is 22.5 Å². The van der Waals surface area contributed by atoms with Gasteiger partial charge in [-0.1, -0.05) is 46.6 Å². The molecular weight excluding hydrogens is 1010 g/mol. The van der Waals surface area contributed by atoms with Crippen molar-refractivity contribution < 1.29 is 22.4 Å². The van der Waals surface area contributed by atoms with Crippen LogP contribution in [0.2, 0.25) is 0 Å². The van der Waals surface area contributed by atoms with Crippen LogP contribution < -0.4 is 16.0 Å². The van der Waals surface area contributed by atoms with Gasteiger partial charge >= 0.3 is 0 Å². The average Bonchev–Trinajstić information content (AvgIpc) is 4.03. The van der Waals surface area contributed by atoms with E-state index < -0.39 is 23.3 Å². The van der Waals surface area contributed by atoms with Gasteiger partial charge in [0, 0.05) is 60.8 Å². The van der Waals surface area contributed by atoms with Gasteiger partial charge < -0.3 is 25.1 Å². The number of pyridine rings is 2. The Bertz CT molecular complexity index is 3360. The number of nitrogens with one attached hydrogen (secondary N) is 3. The lowest BCUT2D eigenvalue weighted by molar-refractivity contribution is 0.0889. The third-order valence-corrected chi connectivity index (χ3v) is 14.8. The van der Waals surface area contributed by atoms with E-state index >= 15 is 0 Å². The Kier molecular flexibility index (Phi) is 18.5. The molecule has 2 aliphatic heterocycles. The van der Waals surface area contributed by atoms with Crippen molar-refractivity contribution in [2.75, 3.05) is 36.8 Å². The summed E-state index contributed by atoms with van der Waals surface area (Å²) >= 11 is 0. The second-order valence-electron chi connectivity index (χ2n) is 22.3. The quantitative estimate of drug-likeness (QED) is 0.0655. The number of carbonyl (C=O) groups is 1. The number of hydrogen-bond acceptors (Lipinski definition) is 13. The molecule has 2 atom stereocenters. The van der Waals surface area contributed by atoms with Gasteiger partial charge in [-0.05, 0) is 152 Å². The Hall–Kier alpha value is -7.25. The monoisotopic (exact) mass is 1080 g/mol. The lowest BCUT2D eigenvalue weighted by Crippen LogP contribution is -2.41. The topological polar surface area (TPSA) is 169 Å². The molecule has 0 amide bonds. The minimum absolute atomic E-state index is 0.0132. The predicted molar refractivity (Wildman–Crippen MR) is 305 cm³/mol. The Balaban J connectivity index is 0.000000181. The smallest absolute Gasteiger partial charge is 0.229 e. The Morgan fingerprint density at radius 2 is 1.16 bits per heavy atom. The number of piperidine rings is 2. The highest BCUT2D eigenvalue weighted by Gasteiger charge is 2.30. The highest BCUT2D eigenvalue weighted by molar-refractivity contribution is 5.84. The minimum Gasteiger partial charge on any atom is -0.326 e. The van der Waals surface area contributed by atoms with E-state index in [4.69, 9.17) is 0 Å². The number of hydrogen-bond donors (Lipinski definition) is 3. The van der Waals surface area contributed by atoms with E-state index in [1.165, 1.54) is 82.8 Å². The molecule has 0 bridgehead atoms. The van der Waals surface area contributed by atoms with Crippen LogP contribution in [0, 0.1) is 47.9 Å². The number of carbonyl (C=O) groups excluding carboxylic acids is 1. The second kappa shape index (κ2) is 25.3. The first-order chi connectivity index (χ1) is 37.8. The van der Waals surface area contributed by atoms with Gasteiger partial charge in [-0.25, -0.2) is 57.4 Å². The number of aldehydes is 1. The number of likely N-dealkylation sites (tertiary alicyclic amines) is 1. The molecule has 0 spiro atoms. The summed E-state index contributed by atoms with van der Waals surface area (Å²) < 4.78 is 62.9. The molecule has 0 saturated carbocycles. The van der Waals surface area contributed by atoms with Crippen molar-refractivity contribution in [3.63, 3.8) is 0 Å². The molecule has 2 fully saturated rings. The standard InChI is InChI=1S/C30H37F2N7.C21H18F2N6O.C9H19N/c1-6-10-30(5)11-7-12-38(18-30)17-21-8-9-26(33-15-21)36-29-34-16-24(32)27(37-29)22-13-23(31)28-25(14-22)39(19(2)3)20(4)35-28;1-11(2)29-12(3)26-20-15(22)6-14(7-17(20)29)19-16(23)9-25-21(28-19)27-18-5-4-13(10-30)8-24-18;1-3-5-9(2)6-4-7-10-8-9/h8-9,13-16,19H,6-7,10-12,17-18H2,1-5H3,(H,33,34,36,37);4-11H,1-3H3,(H,24,25,27,28);10H,3-8H2,1-2H3/t30-;;9-/m1.1/s1. The van der Waals surface area contributed by atoms with Crippen LogP contribution in [-0.2, 0) is 6.54 Å². The van der Waals surface area contributed by atoms with Gasteiger partial charge in [0.15, 0.2) is 29.6 Å². The van der Waals surface area contributed by atoms with Gasteiger partial charge in [0.25, 0.3) is 0 Å². The molecule has 0 aliphatic carbocycles. The summed E-state index contributed by atoms with van der Waals surface area (Å²) in [7, 11) is 0. The number of benzene rings is 2. The average molecular weight is 1080 g/mol. The van der Waals surface area contributed by atoms with Gasteiger partial charge in [0.1, 0.15) is 45.7 Å². The molecule has 2 aromatic carbocycles. The normalized spacial score (nSPS) is 17.6. The first-order valence-electron chi connectivity index (χ1n) is 27.5. The molecular formula is C60H74F4N14O. The molecule has 8 aromatic rings. The highest BCUT2D eigenvalue weighted by Crippen LogP contribution is 2.36. The zero-order chi connectivity index (χ0) is 56.6. The van der Waals surface area contributed by atoms with E-state index in [2.05, 4.69) is 88.4 Å². The third-order valence-electron chi connectivity index (χ3n) is 14.8. The van der Waals surface area contributed by atoms with E-state index in [0.717, 1.165) is 37.6 Å². The predicted octanol–water partition coefficient (Wildman–Crippen LogP) is 14.0. The molecule has 2 aliphatic rings. The number of halogens is 4. The van der Waals surface area contributed by atoms with E-state index in [0.29, 0.717) is 62.6 Å². The molecule has 2 saturated heterocycles. The summed E-state index contributed by atoms with van der Waals surface area (Å²) in [5, 5.41) is 9.37. The maximum absolute atomic E-state index is 15.0. The first-order valence-corrected chi connectivity index (χ1v) is 27.5. The summed E-state index contributed by atoms with van der Waals surface area (Å²) in [5.74, 6) is 0.204. The van der Waals surface area contributed by atoms with Crippen LogP contribution in [0.3, 0.4) is 0 Å². The lowest BCUT2D eigenvalue weighted by Gasteiger charge is -2.40. The summed E-state index contributed by atoms with van der Waals surface area (Å²) in [6, 6.07) is 13.1. The molecule has 418 valence electrons. The summed E-state index contributed by atoms with van der Waals surface area (Å²) in [6.45, 7) is 26.5. The molecule has 15 nitrogen and oxygen atoms in total. The number of fused-ring (bicyclic) bond motifs is 2. The van der Waals surface area contributed by atoms with Crippen molar-refractivity contribution in [2.45, 2.75) is 139 Å². The van der Waals surface area contributed by atoms with Crippen molar-refractivity contribution in [3.05, 3.63) is 119 Å². The van der Waals surface area contributed by atoms with Gasteiger partial charge in [0.05, 0.1) is 23.4 Å². The van der Waals surface area contributed by atoms with Crippen LogP contribution >= 0.6 is 0 Å². The van der Waals surface area contributed by atoms with Crippen LogP contribution in [0.5, 0.6) is 0 Å². The molecule has 0 unspecified atom stereocenters. The number of imidazole rings is 2. The third kappa shape index (κ3) is 14.0. The highest BCUT2D eigenvalue weighted by atomic mass is 19.1. The van der Waals surface area contributed by atoms with Crippen molar-refractivity contribution in [1.82, 2.24) is 59.2 Å². The maximum atomic E-state index is 15.0. The Labute approximate surface area is 460 Å². The summed E-state index contributed by atoms with van der Waals surface area (Å²) in [5.41, 5.74) is 4.79. The summed E-state index contributed by atoms with van der Waals surface area (Å²) in [4.78, 5) is 47.1. The number of rotatable bonds is 15.